The van der Waals surface area contributed by atoms with Crippen LogP contribution in [0.25, 0.3) is 10.9 Å². The molecule has 2 aromatic carbocycles. The average Bonchev–Trinajstić information content (AvgIpc) is 3.27. The van der Waals surface area contributed by atoms with Gasteiger partial charge in [-0.2, -0.15) is 0 Å². The number of amides is 1. The van der Waals surface area contributed by atoms with E-state index in [1.54, 1.807) is 7.11 Å². The Balaban J connectivity index is 1.28. The van der Waals surface area contributed by atoms with E-state index in [1.165, 1.54) is 0 Å². The van der Waals surface area contributed by atoms with Crippen molar-refractivity contribution in [3.8, 4) is 5.75 Å². The summed E-state index contributed by atoms with van der Waals surface area (Å²) in [4.78, 5) is 23.4. The standard InChI is InChI=1S/C28H29N3O2/c1-33-27-14-5-2-8-20(27)16-23-10-6-13-25(30-23)21-9-7-15-31(19-21)28(32)17-22-18-29-26-12-4-3-11-24(22)26/h2-6,8,10-14,18,21,29H,7,9,15-17,19H2,1H3. The summed E-state index contributed by atoms with van der Waals surface area (Å²) in [5.74, 6) is 1.34. The van der Waals surface area contributed by atoms with Crippen molar-refractivity contribution in [2.45, 2.75) is 31.6 Å². The van der Waals surface area contributed by atoms with Gasteiger partial charge >= 0.3 is 0 Å². The van der Waals surface area contributed by atoms with Gasteiger partial charge in [-0.3, -0.25) is 9.78 Å². The van der Waals surface area contributed by atoms with Gasteiger partial charge in [0.1, 0.15) is 5.75 Å². The third kappa shape index (κ3) is 4.63. The van der Waals surface area contributed by atoms with Crippen LogP contribution < -0.4 is 4.74 Å². The zero-order chi connectivity index (χ0) is 22.6. The first kappa shape index (κ1) is 21.3. The SMILES string of the molecule is COc1ccccc1Cc1cccc(C2CCCN(C(=O)Cc3c[nH]c4ccccc34)C2)n1. The number of rotatable bonds is 6. The lowest BCUT2D eigenvalue weighted by molar-refractivity contribution is -0.131. The highest BCUT2D eigenvalue weighted by Gasteiger charge is 2.26. The molecule has 5 rings (SSSR count). The van der Waals surface area contributed by atoms with Gasteiger partial charge in [0.05, 0.1) is 13.5 Å². The maximum atomic E-state index is 13.1. The fraction of sp³-hybridized carbons (Fsp3) is 0.286. The van der Waals surface area contributed by atoms with Crippen molar-refractivity contribution in [1.82, 2.24) is 14.9 Å². The molecule has 33 heavy (non-hydrogen) atoms. The number of para-hydroxylation sites is 2. The van der Waals surface area contributed by atoms with Gasteiger partial charge in [0.25, 0.3) is 0 Å². The lowest BCUT2D eigenvalue weighted by Gasteiger charge is -2.32. The lowest BCUT2D eigenvalue weighted by Crippen LogP contribution is -2.40. The number of benzene rings is 2. The Hall–Kier alpha value is -3.60. The number of piperidine rings is 1. The van der Waals surface area contributed by atoms with Gasteiger partial charge in [0, 0.05) is 59.5 Å². The zero-order valence-corrected chi connectivity index (χ0v) is 19.0. The highest BCUT2D eigenvalue weighted by atomic mass is 16.5. The monoisotopic (exact) mass is 439 g/mol. The number of aromatic nitrogens is 2. The quantitative estimate of drug-likeness (QED) is 0.454. The molecule has 1 saturated heterocycles. The number of carbonyl (C=O) groups is 1. The minimum Gasteiger partial charge on any atom is -0.496 e. The summed E-state index contributed by atoms with van der Waals surface area (Å²) < 4.78 is 5.50. The molecule has 0 saturated carbocycles. The third-order valence-corrected chi connectivity index (χ3v) is 6.60. The van der Waals surface area contributed by atoms with E-state index in [9.17, 15) is 4.79 Å². The van der Waals surface area contributed by atoms with E-state index in [2.05, 4.69) is 35.3 Å². The summed E-state index contributed by atoms with van der Waals surface area (Å²) in [6.07, 6.45) is 5.18. The molecule has 168 valence electrons. The number of nitrogens with one attached hydrogen (secondary N) is 1. The maximum absolute atomic E-state index is 13.1. The van der Waals surface area contributed by atoms with Crippen molar-refractivity contribution in [3.05, 3.63) is 95.4 Å². The Morgan fingerprint density at radius 1 is 1.06 bits per heavy atom. The molecule has 1 aliphatic heterocycles. The summed E-state index contributed by atoms with van der Waals surface area (Å²) in [6, 6.07) is 22.5. The molecule has 0 radical (unpaired) electrons. The van der Waals surface area contributed by atoms with Crippen LogP contribution in [0, 0.1) is 0 Å². The molecule has 5 heteroatoms. The minimum atomic E-state index is 0.189. The van der Waals surface area contributed by atoms with Crippen molar-refractivity contribution in [1.29, 1.82) is 0 Å². The molecule has 4 aromatic rings. The van der Waals surface area contributed by atoms with Gasteiger partial charge < -0.3 is 14.6 Å². The Bertz CT molecular complexity index is 1260. The van der Waals surface area contributed by atoms with Gasteiger partial charge in [0.15, 0.2) is 0 Å². The highest BCUT2D eigenvalue weighted by molar-refractivity contribution is 5.88. The van der Waals surface area contributed by atoms with Crippen molar-refractivity contribution in [3.63, 3.8) is 0 Å². The van der Waals surface area contributed by atoms with Crippen LogP contribution in [-0.2, 0) is 17.6 Å². The number of H-pyrrole nitrogens is 1. The predicted octanol–water partition coefficient (Wildman–Crippen LogP) is 5.11. The van der Waals surface area contributed by atoms with Gasteiger partial charge in [-0.1, -0.05) is 42.5 Å². The first-order valence-corrected chi connectivity index (χ1v) is 11.6. The van der Waals surface area contributed by atoms with E-state index in [1.807, 2.05) is 47.5 Å². The van der Waals surface area contributed by atoms with E-state index in [-0.39, 0.29) is 11.8 Å². The van der Waals surface area contributed by atoms with E-state index < -0.39 is 0 Å². The second kappa shape index (κ2) is 9.49. The zero-order valence-electron chi connectivity index (χ0n) is 19.0. The van der Waals surface area contributed by atoms with Crippen LogP contribution in [-0.4, -0.2) is 41.0 Å². The summed E-state index contributed by atoms with van der Waals surface area (Å²) in [7, 11) is 1.70. The van der Waals surface area contributed by atoms with Crippen molar-refractivity contribution < 1.29 is 9.53 Å². The van der Waals surface area contributed by atoms with E-state index >= 15 is 0 Å². The van der Waals surface area contributed by atoms with Gasteiger partial charge in [0.2, 0.25) is 5.91 Å². The van der Waals surface area contributed by atoms with Crippen LogP contribution in [0.1, 0.15) is 41.3 Å². The second-order valence-electron chi connectivity index (χ2n) is 8.76. The topological polar surface area (TPSA) is 58.2 Å². The average molecular weight is 440 g/mol. The number of likely N-dealkylation sites (tertiary alicyclic amines) is 1. The summed E-state index contributed by atoms with van der Waals surface area (Å²) in [5, 5.41) is 1.13. The number of fused-ring (bicyclic) bond motifs is 1. The molecular formula is C28H29N3O2. The van der Waals surface area contributed by atoms with E-state index in [4.69, 9.17) is 9.72 Å². The first-order valence-electron chi connectivity index (χ1n) is 11.6. The molecule has 1 fully saturated rings. The maximum Gasteiger partial charge on any atom is 0.227 e. The predicted molar refractivity (Wildman–Crippen MR) is 131 cm³/mol. The molecule has 1 N–H and O–H groups in total. The Morgan fingerprint density at radius 2 is 1.91 bits per heavy atom. The Morgan fingerprint density at radius 3 is 2.82 bits per heavy atom. The van der Waals surface area contributed by atoms with Crippen LogP contribution in [0.3, 0.4) is 0 Å². The number of hydrogen-bond donors (Lipinski definition) is 1. The fourth-order valence-corrected chi connectivity index (χ4v) is 4.87. The fourth-order valence-electron chi connectivity index (χ4n) is 4.87. The normalized spacial score (nSPS) is 16.2. The number of methoxy groups -OCH3 is 1. The summed E-state index contributed by atoms with van der Waals surface area (Å²) >= 11 is 0. The van der Waals surface area contributed by atoms with Crippen LogP contribution in [0.4, 0.5) is 0 Å². The third-order valence-electron chi connectivity index (χ3n) is 6.60. The summed E-state index contributed by atoms with van der Waals surface area (Å²) in [5.41, 5.74) is 5.37. The van der Waals surface area contributed by atoms with Crippen molar-refractivity contribution in [2.24, 2.45) is 0 Å². The minimum absolute atomic E-state index is 0.189. The molecular weight excluding hydrogens is 410 g/mol. The number of aromatic amines is 1. The second-order valence-corrected chi connectivity index (χ2v) is 8.76. The molecule has 1 amide bonds. The van der Waals surface area contributed by atoms with Crippen LogP contribution in [0.2, 0.25) is 0 Å². The van der Waals surface area contributed by atoms with Crippen LogP contribution in [0.15, 0.2) is 72.9 Å². The molecule has 2 aromatic heterocycles. The molecule has 0 spiro atoms. The Labute approximate surface area is 194 Å². The Kier molecular flexibility index (Phi) is 6.11. The lowest BCUT2D eigenvalue weighted by atomic mass is 9.93. The molecule has 1 atom stereocenters. The molecule has 1 unspecified atom stereocenters. The number of hydrogen-bond acceptors (Lipinski definition) is 3. The molecule has 0 bridgehead atoms. The molecule has 5 nitrogen and oxygen atoms in total. The van der Waals surface area contributed by atoms with E-state index in [0.717, 1.165) is 71.5 Å². The van der Waals surface area contributed by atoms with Gasteiger partial charge in [-0.05, 0) is 42.7 Å². The van der Waals surface area contributed by atoms with Gasteiger partial charge in [-0.25, -0.2) is 0 Å². The van der Waals surface area contributed by atoms with Crippen LogP contribution in [0.5, 0.6) is 5.75 Å². The number of carbonyl (C=O) groups excluding carboxylic acids is 1. The highest BCUT2D eigenvalue weighted by Crippen LogP contribution is 2.28. The molecule has 0 aliphatic carbocycles. The van der Waals surface area contributed by atoms with Crippen molar-refractivity contribution in [2.75, 3.05) is 20.2 Å². The number of nitrogens with zero attached hydrogens (tertiary/aromatic N) is 2. The van der Waals surface area contributed by atoms with Crippen molar-refractivity contribution >= 4 is 16.8 Å². The number of pyridine rings is 1. The smallest absolute Gasteiger partial charge is 0.227 e. The summed E-state index contributed by atoms with van der Waals surface area (Å²) in [6.45, 7) is 1.55. The number of ether oxygens (including phenoxy) is 1. The largest absolute Gasteiger partial charge is 0.496 e. The van der Waals surface area contributed by atoms with E-state index in [0.29, 0.717) is 6.42 Å². The molecule has 1 aliphatic rings. The van der Waals surface area contributed by atoms with Gasteiger partial charge in [-0.15, -0.1) is 0 Å². The van der Waals surface area contributed by atoms with Crippen LogP contribution >= 0.6 is 0 Å². The first-order chi connectivity index (χ1) is 16.2. The molecule has 3 heterocycles.